The fraction of sp³-hybridized carbons (Fsp3) is 0.143. The van der Waals surface area contributed by atoms with Crippen molar-refractivity contribution >= 4 is 43.2 Å². The molecule has 106 valence electrons. The van der Waals surface area contributed by atoms with E-state index in [9.17, 15) is 8.42 Å². The quantitative estimate of drug-likeness (QED) is 0.858. The molecule has 0 saturated heterocycles. The number of aryl methyl sites for hydroxylation is 2. The summed E-state index contributed by atoms with van der Waals surface area (Å²) >= 11 is 9.23. The van der Waals surface area contributed by atoms with Gasteiger partial charge in [0, 0.05) is 0 Å². The Morgan fingerprint density at radius 3 is 2.45 bits per heavy atom. The molecular formula is C14H13BrClNO2S. The Morgan fingerprint density at radius 1 is 1.10 bits per heavy atom. The van der Waals surface area contributed by atoms with Crippen molar-refractivity contribution in [1.29, 1.82) is 0 Å². The molecule has 0 atom stereocenters. The zero-order chi connectivity index (χ0) is 14.9. The molecule has 1 N–H and O–H groups in total. The number of nitrogens with one attached hydrogen (secondary N) is 1. The van der Waals surface area contributed by atoms with E-state index < -0.39 is 10.0 Å². The van der Waals surface area contributed by atoms with E-state index in [1.807, 2.05) is 13.8 Å². The van der Waals surface area contributed by atoms with Crippen molar-refractivity contribution in [1.82, 2.24) is 0 Å². The normalized spacial score (nSPS) is 11.4. The van der Waals surface area contributed by atoms with Crippen molar-refractivity contribution in [3.05, 3.63) is 57.0 Å². The maximum atomic E-state index is 12.4. The van der Waals surface area contributed by atoms with Gasteiger partial charge in [0.15, 0.2) is 0 Å². The minimum atomic E-state index is -3.63. The largest absolute Gasteiger partial charge is 0.278 e. The fourth-order valence-corrected chi connectivity index (χ4v) is 3.49. The van der Waals surface area contributed by atoms with Gasteiger partial charge in [0.2, 0.25) is 0 Å². The number of hydrogen-bond donors (Lipinski definition) is 1. The van der Waals surface area contributed by atoms with E-state index in [-0.39, 0.29) is 4.90 Å². The summed E-state index contributed by atoms with van der Waals surface area (Å²) < 4.78 is 27.8. The van der Waals surface area contributed by atoms with Gasteiger partial charge in [-0.15, -0.1) is 0 Å². The lowest BCUT2D eigenvalue weighted by Gasteiger charge is -2.11. The predicted octanol–water partition coefficient (Wildman–Crippen LogP) is 4.52. The minimum Gasteiger partial charge on any atom is -0.278 e. The second-order valence-corrected chi connectivity index (χ2v) is 7.34. The molecule has 0 heterocycles. The van der Waals surface area contributed by atoms with Gasteiger partial charge >= 0.3 is 0 Å². The lowest BCUT2D eigenvalue weighted by molar-refractivity contribution is 0.601. The van der Waals surface area contributed by atoms with Crippen LogP contribution < -0.4 is 4.72 Å². The summed E-state index contributed by atoms with van der Waals surface area (Å²) in [5, 5.41) is 0.449. The van der Waals surface area contributed by atoms with Crippen molar-refractivity contribution in [2.75, 3.05) is 4.72 Å². The molecule has 0 aliphatic rings. The molecule has 3 nitrogen and oxygen atoms in total. The van der Waals surface area contributed by atoms with Crippen molar-refractivity contribution in [3.63, 3.8) is 0 Å². The predicted molar refractivity (Wildman–Crippen MR) is 85.9 cm³/mol. The molecule has 0 unspecified atom stereocenters. The van der Waals surface area contributed by atoms with E-state index in [2.05, 4.69) is 20.7 Å². The van der Waals surface area contributed by atoms with E-state index in [0.29, 0.717) is 15.2 Å². The Hall–Kier alpha value is -1.04. The van der Waals surface area contributed by atoms with Gasteiger partial charge in [-0.25, -0.2) is 8.42 Å². The van der Waals surface area contributed by atoms with Crippen LogP contribution in [0.3, 0.4) is 0 Å². The topological polar surface area (TPSA) is 46.2 Å². The maximum Gasteiger partial charge on any atom is 0.261 e. The van der Waals surface area contributed by atoms with Crippen LogP contribution in [0, 0.1) is 13.8 Å². The van der Waals surface area contributed by atoms with Crippen molar-refractivity contribution < 1.29 is 8.42 Å². The van der Waals surface area contributed by atoms with E-state index in [1.54, 1.807) is 36.4 Å². The number of halogens is 2. The Bertz CT molecular complexity index is 760. The molecule has 0 spiro atoms. The first-order chi connectivity index (χ1) is 9.31. The van der Waals surface area contributed by atoms with Gasteiger partial charge in [-0.2, -0.15) is 0 Å². The van der Waals surface area contributed by atoms with Gasteiger partial charge in [-0.05, 0) is 65.2 Å². The van der Waals surface area contributed by atoms with Gasteiger partial charge in [-0.1, -0.05) is 23.7 Å². The van der Waals surface area contributed by atoms with Gasteiger partial charge < -0.3 is 0 Å². The molecule has 0 bridgehead atoms. The summed E-state index contributed by atoms with van der Waals surface area (Å²) in [5.41, 5.74) is 2.39. The maximum absolute atomic E-state index is 12.4. The minimum absolute atomic E-state index is 0.229. The highest BCUT2D eigenvalue weighted by Gasteiger charge is 2.16. The van der Waals surface area contributed by atoms with Gasteiger partial charge in [0.1, 0.15) is 0 Å². The third-order valence-electron chi connectivity index (χ3n) is 2.98. The van der Waals surface area contributed by atoms with E-state index >= 15 is 0 Å². The number of anilines is 1. The second-order valence-electron chi connectivity index (χ2n) is 4.45. The first-order valence-electron chi connectivity index (χ1n) is 5.85. The molecule has 2 aromatic rings. The van der Waals surface area contributed by atoms with Gasteiger partial charge in [-0.3, -0.25) is 4.72 Å². The molecule has 2 aromatic carbocycles. The number of rotatable bonds is 3. The van der Waals surface area contributed by atoms with Crippen LogP contribution in [-0.4, -0.2) is 8.42 Å². The molecule has 0 amide bonds. The van der Waals surface area contributed by atoms with Crippen LogP contribution in [0.2, 0.25) is 5.02 Å². The zero-order valence-corrected chi connectivity index (χ0v) is 14.1. The average molecular weight is 375 g/mol. The van der Waals surface area contributed by atoms with Crippen LogP contribution >= 0.6 is 27.5 Å². The van der Waals surface area contributed by atoms with E-state index in [4.69, 9.17) is 11.6 Å². The molecule has 0 saturated carbocycles. The van der Waals surface area contributed by atoms with Crippen molar-refractivity contribution in [2.24, 2.45) is 0 Å². The lowest BCUT2D eigenvalue weighted by atomic mass is 10.1. The molecule has 6 heteroatoms. The monoisotopic (exact) mass is 373 g/mol. The van der Waals surface area contributed by atoms with Crippen LogP contribution in [0.25, 0.3) is 0 Å². The zero-order valence-electron chi connectivity index (χ0n) is 10.9. The SMILES string of the molecule is Cc1ccc(S(=O)(=O)Nc2cccc(Cl)c2Br)cc1C. The van der Waals surface area contributed by atoms with Crippen LogP contribution in [0.4, 0.5) is 5.69 Å². The summed E-state index contributed by atoms with van der Waals surface area (Å²) in [7, 11) is -3.63. The van der Waals surface area contributed by atoms with Crippen molar-refractivity contribution in [2.45, 2.75) is 18.7 Å². The molecular weight excluding hydrogens is 362 g/mol. The smallest absolute Gasteiger partial charge is 0.261 e. The highest BCUT2D eigenvalue weighted by atomic mass is 79.9. The molecule has 0 aliphatic heterocycles. The third-order valence-corrected chi connectivity index (χ3v) is 5.75. The first-order valence-corrected chi connectivity index (χ1v) is 8.51. The van der Waals surface area contributed by atoms with Crippen molar-refractivity contribution in [3.8, 4) is 0 Å². The standard InChI is InChI=1S/C14H13BrClNO2S/c1-9-6-7-11(8-10(9)2)20(18,19)17-13-5-3-4-12(16)14(13)15/h3-8,17H,1-2H3. The summed E-state index contributed by atoms with van der Waals surface area (Å²) in [4.78, 5) is 0.229. The molecule has 0 aromatic heterocycles. The molecule has 0 radical (unpaired) electrons. The van der Waals surface area contributed by atoms with E-state index in [0.717, 1.165) is 11.1 Å². The summed E-state index contributed by atoms with van der Waals surface area (Å²) in [6.07, 6.45) is 0. The molecule has 0 aliphatic carbocycles. The third kappa shape index (κ3) is 3.16. The number of benzene rings is 2. The Morgan fingerprint density at radius 2 is 1.80 bits per heavy atom. The summed E-state index contributed by atoms with van der Waals surface area (Å²) in [6, 6.07) is 10.0. The van der Waals surface area contributed by atoms with Crippen LogP contribution in [0.15, 0.2) is 45.8 Å². The molecule has 20 heavy (non-hydrogen) atoms. The highest BCUT2D eigenvalue weighted by Crippen LogP contribution is 2.31. The number of sulfonamides is 1. The Balaban J connectivity index is 2.41. The van der Waals surface area contributed by atoms with Gasteiger partial charge in [0.05, 0.1) is 20.1 Å². The Labute approximate surface area is 132 Å². The van der Waals surface area contributed by atoms with E-state index in [1.165, 1.54) is 0 Å². The molecule has 0 fully saturated rings. The lowest BCUT2D eigenvalue weighted by Crippen LogP contribution is -2.13. The fourth-order valence-electron chi connectivity index (χ4n) is 1.67. The van der Waals surface area contributed by atoms with Crippen LogP contribution in [-0.2, 0) is 10.0 Å². The molecule has 2 rings (SSSR count). The summed E-state index contributed by atoms with van der Waals surface area (Å²) in [5.74, 6) is 0. The average Bonchev–Trinajstić information content (AvgIpc) is 2.38. The van der Waals surface area contributed by atoms with Gasteiger partial charge in [0.25, 0.3) is 10.0 Å². The summed E-state index contributed by atoms with van der Waals surface area (Å²) in [6.45, 7) is 3.82. The second kappa shape index (κ2) is 5.76. The van der Waals surface area contributed by atoms with Crippen LogP contribution in [0.1, 0.15) is 11.1 Å². The Kier molecular flexibility index (Phi) is 4.42. The number of hydrogen-bond acceptors (Lipinski definition) is 2. The van der Waals surface area contributed by atoms with Crippen LogP contribution in [0.5, 0.6) is 0 Å². The first kappa shape index (κ1) is 15.4. The highest BCUT2D eigenvalue weighted by molar-refractivity contribution is 9.10.